The van der Waals surface area contributed by atoms with Crippen LogP contribution in [0.3, 0.4) is 0 Å². The largest absolute Gasteiger partial charge is 0.496 e. The quantitative estimate of drug-likeness (QED) is 0.879. The molecule has 1 unspecified atom stereocenters. The monoisotopic (exact) mass is 273 g/mol. The van der Waals surface area contributed by atoms with E-state index in [0.29, 0.717) is 0 Å². The molecule has 0 aliphatic carbocycles. The first-order chi connectivity index (χ1) is 9.63. The zero-order valence-corrected chi connectivity index (χ0v) is 12.7. The summed E-state index contributed by atoms with van der Waals surface area (Å²) in [5.74, 6) is 0.932. The van der Waals surface area contributed by atoms with Gasteiger partial charge in [-0.25, -0.2) is 0 Å². The van der Waals surface area contributed by atoms with Crippen LogP contribution in [0.5, 0.6) is 5.75 Å². The standard InChI is InChI=1S/C16H23N3O/c1-5-17-15(11-14-8-9-19(3)18-14)13-6-7-16(20-4)12(2)10-13/h6-10,15,17H,5,11H2,1-4H3. The molecule has 108 valence electrons. The maximum absolute atomic E-state index is 5.33. The second-order valence-electron chi connectivity index (χ2n) is 5.02. The van der Waals surface area contributed by atoms with Crippen LogP contribution in [0.2, 0.25) is 0 Å². The Hall–Kier alpha value is -1.81. The Kier molecular flexibility index (Phi) is 4.79. The predicted molar refractivity (Wildman–Crippen MR) is 81.1 cm³/mol. The molecule has 0 aliphatic heterocycles. The van der Waals surface area contributed by atoms with Crippen LogP contribution in [0.15, 0.2) is 30.5 Å². The molecular weight excluding hydrogens is 250 g/mol. The van der Waals surface area contributed by atoms with Gasteiger partial charge >= 0.3 is 0 Å². The molecule has 4 heteroatoms. The summed E-state index contributed by atoms with van der Waals surface area (Å²) >= 11 is 0. The van der Waals surface area contributed by atoms with Gasteiger partial charge in [0.1, 0.15) is 5.75 Å². The minimum atomic E-state index is 0.277. The van der Waals surface area contributed by atoms with Crippen molar-refractivity contribution in [2.75, 3.05) is 13.7 Å². The molecule has 0 fully saturated rings. The van der Waals surface area contributed by atoms with Gasteiger partial charge in [-0.2, -0.15) is 5.10 Å². The van der Waals surface area contributed by atoms with Gasteiger partial charge in [0.15, 0.2) is 0 Å². The number of aromatic nitrogens is 2. The third-order valence-electron chi connectivity index (χ3n) is 3.45. The smallest absolute Gasteiger partial charge is 0.121 e. The topological polar surface area (TPSA) is 39.1 Å². The highest BCUT2D eigenvalue weighted by atomic mass is 16.5. The molecule has 20 heavy (non-hydrogen) atoms. The normalized spacial score (nSPS) is 12.4. The van der Waals surface area contributed by atoms with E-state index in [0.717, 1.165) is 30.0 Å². The number of nitrogens with one attached hydrogen (secondary N) is 1. The summed E-state index contributed by atoms with van der Waals surface area (Å²) in [4.78, 5) is 0. The minimum absolute atomic E-state index is 0.277. The van der Waals surface area contributed by atoms with Crippen molar-refractivity contribution in [1.82, 2.24) is 15.1 Å². The van der Waals surface area contributed by atoms with E-state index in [4.69, 9.17) is 4.74 Å². The minimum Gasteiger partial charge on any atom is -0.496 e. The highest BCUT2D eigenvalue weighted by molar-refractivity contribution is 5.37. The van der Waals surface area contributed by atoms with Crippen molar-refractivity contribution in [2.24, 2.45) is 7.05 Å². The Morgan fingerprint density at radius 3 is 2.70 bits per heavy atom. The molecule has 4 nitrogen and oxygen atoms in total. The van der Waals surface area contributed by atoms with Gasteiger partial charge in [-0.1, -0.05) is 19.1 Å². The van der Waals surface area contributed by atoms with E-state index < -0.39 is 0 Å². The van der Waals surface area contributed by atoms with Crippen molar-refractivity contribution in [3.63, 3.8) is 0 Å². The number of methoxy groups -OCH3 is 1. The lowest BCUT2D eigenvalue weighted by atomic mass is 9.99. The molecule has 1 aromatic carbocycles. The summed E-state index contributed by atoms with van der Waals surface area (Å²) in [5, 5.41) is 8.00. The van der Waals surface area contributed by atoms with Crippen LogP contribution >= 0.6 is 0 Å². The average Bonchev–Trinajstić information content (AvgIpc) is 2.83. The molecule has 1 aromatic heterocycles. The molecule has 1 heterocycles. The molecule has 0 saturated heterocycles. The van der Waals surface area contributed by atoms with Crippen LogP contribution in [0.4, 0.5) is 0 Å². The van der Waals surface area contributed by atoms with E-state index in [1.165, 1.54) is 5.56 Å². The van der Waals surface area contributed by atoms with Crippen LogP contribution < -0.4 is 10.1 Å². The molecular formula is C16H23N3O. The fourth-order valence-corrected chi connectivity index (χ4v) is 2.45. The van der Waals surface area contributed by atoms with Crippen LogP contribution in [-0.4, -0.2) is 23.4 Å². The van der Waals surface area contributed by atoms with Crippen LogP contribution in [0.1, 0.15) is 29.8 Å². The zero-order valence-electron chi connectivity index (χ0n) is 12.7. The van der Waals surface area contributed by atoms with E-state index in [1.54, 1.807) is 7.11 Å². The van der Waals surface area contributed by atoms with Crippen molar-refractivity contribution < 1.29 is 4.74 Å². The van der Waals surface area contributed by atoms with Gasteiger partial charge in [-0.3, -0.25) is 4.68 Å². The number of aryl methyl sites for hydroxylation is 2. The summed E-state index contributed by atoms with van der Waals surface area (Å²) < 4.78 is 7.17. The second-order valence-corrected chi connectivity index (χ2v) is 5.02. The van der Waals surface area contributed by atoms with Crippen LogP contribution in [0, 0.1) is 6.92 Å². The Morgan fingerprint density at radius 1 is 1.35 bits per heavy atom. The van der Waals surface area contributed by atoms with Gasteiger partial charge in [-0.05, 0) is 36.7 Å². The molecule has 2 rings (SSSR count). The Morgan fingerprint density at radius 2 is 2.15 bits per heavy atom. The number of hydrogen-bond donors (Lipinski definition) is 1. The Balaban J connectivity index is 2.21. The number of rotatable bonds is 6. The molecule has 1 N–H and O–H groups in total. The SMILES string of the molecule is CCNC(Cc1ccn(C)n1)c1ccc(OC)c(C)c1. The fourth-order valence-electron chi connectivity index (χ4n) is 2.45. The molecule has 0 bridgehead atoms. The summed E-state index contributed by atoms with van der Waals surface area (Å²) in [5.41, 5.74) is 3.54. The van der Waals surface area contributed by atoms with E-state index in [1.807, 2.05) is 24.0 Å². The molecule has 1 atom stereocenters. The first-order valence-electron chi connectivity index (χ1n) is 7.00. The van der Waals surface area contributed by atoms with Gasteiger partial charge in [0.2, 0.25) is 0 Å². The van der Waals surface area contributed by atoms with Crippen molar-refractivity contribution >= 4 is 0 Å². The Bertz CT molecular complexity index is 563. The van der Waals surface area contributed by atoms with Crippen molar-refractivity contribution in [2.45, 2.75) is 26.3 Å². The average molecular weight is 273 g/mol. The highest BCUT2D eigenvalue weighted by Gasteiger charge is 2.14. The zero-order chi connectivity index (χ0) is 14.5. The predicted octanol–water partition coefficient (Wildman–Crippen LogP) is 2.63. The lowest BCUT2D eigenvalue weighted by Gasteiger charge is -2.18. The van der Waals surface area contributed by atoms with E-state index >= 15 is 0 Å². The summed E-state index contributed by atoms with van der Waals surface area (Å²) in [6.45, 7) is 5.14. The first-order valence-corrected chi connectivity index (χ1v) is 7.00. The van der Waals surface area contributed by atoms with Crippen molar-refractivity contribution in [3.8, 4) is 5.75 Å². The summed E-state index contributed by atoms with van der Waals surface area (Å²) in [7, 11) is 3.65. The van der Waals surface area contributed by atoms with Crippen LogP contribution in [0.25, 0.3) is 0 Å². The second kappa shape index (κ2) is 6.57. The number of hydrogen-bond acceptors (Lipinski definition) is 3. The number of likely N-dealkylation sites (N-methyl/N-ethyl adjacent to an activating group) is 1. The van der Waals surface area contributed by atoms with E-state index in [-0.39, 0.29) is 6.04 Å². The molecule has 0 aliphatic rings. The van der Waals surface area contributed by atoms with Crippen molar-refractivity contribution in [1.29, 1.82) is 0 Å². The van der Waals surface area contributed by atoms with Crippen LogP contribution in [-0.2, 0) is 13.5 Å². The van der Waals surface area contributed by atoms with Gasteiger partial charge in [0.05, 0.1) is 12.8 Å². The lowest BCUT2D eigenvalue weighted by molar-refractivity contribution is 0.411. The highest BCUT2D eigenvalue weighted by Crippen LogP contribution is 2.24. The van der Waals surface area contributed by atoms with E-state index in [9.17, 15) is 0 Å². The molecule has 0 saturated carbocycles. The number of ether oxygens (including phenoxy) is 1. The number of nitrogens with zero attached hydrogens (tertiary/aromatic N) is 2. The van der Waals surface area contributed by atoms with E-state index in [2.05, 4.69) is 42.5 Å². The molecule has 0 radical (unpaired) electrons. The fraction of sp³-hybridized carbons (Fsp3) is 0.438. The molecule has 2 aromatic rings. The summed E-state index contributed by atoms with van der Waals surface area (Å²) in [6, 6.07) is 8.70. The maximum Gasteiger partial charge on any atom is 0.121 e. The van der Waals surface area contributed by atoms with Gasteiger partial charge in [0.25, 0.3) is 0 Å². The van der Waals surface area contributed by atoms with Crippen molar-refractivity contribution in [3.05, 3.63) is 47.3 Å². The lowest BCUT2D eigenvalue weighted by Crippen LogP contribution is -2.23. The van der Waals surface area contributed by atoms with Gasteiger partial charge in [0, 0.05) is 25.7 Å². The summed E-state index contributed by atoms with van der Waals surface area (Å²) in [6.07, 6.45) is 2.87. The first kappa shape index (κ1) is 14.6. The maximum atomic E-state index is 5.33. The number of benzene rings is 1. The third-order valence-corrected chi connectivity index (χ3v) is 3.45. The van der Waals surface area contributed by atoms with Gasteiger partial charge in [-0.15, -0.1) is 0 Å². The Labute approximate surface area is 120 Å². The molecule has 0 spiro atoms. The van der Waals surface area contributed by atoms with Gasteiger partial charge < -0.3 is 10.1 Å². The third kappa shape index (κ3) is 3.39. The molecule has 0 amide bonds.